The Morgan fingerprint density at radius 2 is 1.85 bits per heavy atom. The second-order valence-electron chi connectivity index (χ2n) is 4.14. The van der Waals surface area contributed by atoms with E-state index in [1.165, 1.54) is 31.4 Å². The zero-order valence-electron chi connectivity index (χ0n) is 11.0. The van der Waals surface area contributed by atoms with Crippen LogP contribution in [-0.2, 0) is 4.74 Å². The Labute approximate surface area is 121 Å². The van der Waals surface area contributed by atoms with Crippen molar-refractivity contribution in [1.29, 1.82) is 0 Å². The van der Waals surface area contributed by atoms with E-state index >= 15 is 0 Å². The van der Waals surface area contributed by atoms with Crippen molar-refractivity contribution < 1.29 is 24.2 Å². The number of hydrogen-bond acceptors (Lipinski definition) is 4. The maximum absolute atomic E-state index is 11.0. The summed E-state index contributed by atoms with van der Waals surface area (Å²) in [6, 6.07) is 3.65. The summed E-state index contributed by atoms with van der Waals surface area (Å²) in [7, 11) is 0. The van der Waals surface area contributed by atoms with Crippen LogP contribution in [-0.4, -0.2) is 28.9 Å². The van der Waals surface area contributed by atoms with Gasteiger partial charge in [-0.2, -0.15) is 0 Å². The molecule has 1 aromatic rings. The summed E-state index contributed by atoms with van der Waals surface area (Å²) in [4.78, 5) is 32.5. The van der Waals surface area contributed by atoms with Crippen LogP contribution >= 0.6 is 11.6 Å². The number of carboxylic acids is 1. The number of carboxylic acid groups (broad SMARTS) is 1. The summed E-state index contributed by atoms with van der Waals surface area (Å²) in [5.74, 6) is -1.86. The molecule has 0 radical (unpaired) electrons. The highest BCUT2D eigenvalue weighted by Crippen LogP contribution is 2.20. The predicted molar refractivity (Wildman–Crippen MR) is 73.4 cm³/mol. The fourth-order valence-corrected chi connectivity index (χ4v) is 1.75. The molecule has 1 aromatic carbocycles. The molecule has 1 N–H and O–H groups in total. The predicted octanol–water partition coefficient (Wildman–Crippen LogP) is 3.11. The average Bonchev–Trinajstić information content (AvgIpc) is 2.72. The summed E-state index contributed by atoms with van der Waals surface area (Å²) < 4.78 is 4.30. The minimum absolute atomic E-state index is 0.00917. The van der Waals surface area contributed by atoms with E-state index in [0.717, 1.165) is 11.9 Å². The topological polar surface area (TPSA) is 80.7 Å². The Morgan fingerprint density at radius 1 is 1.20 bits per heavy atom. The second-order valence-corrected chi connectivity index (χ2v) is 4.52. The fraction of sp³-hybridized carbons (Fsp3) is 0.357. The summed E-state index contributed by atoms with van der Waals surface area (Å²) in [6.07, 6.45) is 3.73. The van der Waals surface area contributed by atoms with E-state index in [4.69, 9.17) is 16.7 Å². The molecule has 1 aliphatic rings. The molecule has 5 nitrogen and oxygen atoms in total. The van der Waals surface area contributed by atoms with Crippen molar-refractivity contribution in [3.63, 3.8) is 0 Å². The summed E-state index contributed by atoms with van der Waals surface area (Å²) in [5, 5.41) is 8.63. The van der Waals surface area contributed by atoms with Crippen LogP contribution in [0.4, 0.5) is 0 Å². The lowest BCUT2D eigenvalue weighted by Crippen LogP contribution is -2.00. The van der Waals surface area contributed by atoms with Crippen molar-refractivity contribution in [3.05, 3.63) is 34.9 Å². The number of esters is 2. The molecule has 0 unspecified atom stereocenters. The van der Waals surface area contributed by atoms with E-state index in [0.29, 0.717) is 0 Å². The highest BCUT2D eigenvalue weighted by molar-refractivity contribution is 6.17. The van der Waals surface area contributed by atoms with Gasteiger partial charge in [0.25, 0.3) is 0 Å². The Kier molecular flexibility index (Phi) is 6.18. The number of benzene rings is 1. The highest BCUT2D eigenvalue weighted by Gasteiger charge is 2.30. The number of aromatic carboxylic acids is 1. The van der Waals surface area contributed by atoms with Crippen LogP contribution in [0.3, 0.4) is 0 Å². The largest absolute Gasteiger partial charge is 0.478 e. The molecular formula is C14H15ClO5. The number of hydrogen-bond donors (Lipinski definition) is 1. The standard InChI is InChI=1S/C9H4O5.C5H11Cl/c10-7(11)4-1-2-5-6(3-4)9(13)14-8(5)12;1-2-3-4-5-6/h1-3H,(H,10,11);2-5H2,1H3. The molecule has 1 heterocycles. The maximum Gasteiger partial charge on any atom is 0.346 e. The molecule has 0 bridgehead atoms. The van der Waals surface area contributed by atoms with E-state index in [9.17, 15) is 14.4 Å². The Bertz CT molecular complexity index is 520. The summed E-state index contributed by atoms with van der Waals surface area (Å²) in [5.41, 5.74) is 0.0744. The van der Waals surface area contributed by atoms with Gasteiger partial charge in [0.15, 0.2) is 0 Å². The van der Waals surface area contributed by atoms with Gasteiger partial charge in [-0.25, -0.2) is 14.4 Å². The van der Waals surface area contributed by atoms with Crippen LogP contribution in [0.15, 0.2) is 18.2 Å². The van der Waals surface area contributed by atoms with Crippen LogP contribution in [0.5, 0.6) is 0 Å². The van der Waals surface area contributed by atoms with E-state index in [1.807, 2.05) is 0 Å². The highest BCUT2D eigenvalue weighted by atomic mass is 35.5. The zero-order chi connectivity index (χ0) is 15.1. The van der Waals surface area contributed by atoms with Crippen LogP contribution in [0, 0.1) is 0 Å². The van der Waals surface area contributed by atoms with Gasteiger partial charge in [-0.1, -0.05) is 19.8 Å². The molecule has 2 rings (SSSR count). The van der Waals surface area contributed by atoms with Gasteiger partial charge in [0, 0.05) is 5.88 Å². The monoisotopic (exact) mass is 298 g/mol. The fourth-order valence-electron chi connectivity index (χ4n) is 1.56. The lowest BCUT2D eigenvalue weighted by Gasteiger charge is -1.94. The van der Waals surface area contributed by atoms with Gasteiger partial charge in [0.1, 0.15) is 0 Å². The van der Waals surface area contributed by atoms with Crippen LogP contribution < -0.4 is 0 Å². The molecule has 6 heteroatoms. The van der Waals surface area contributed by atoms with Gasteiger partial charge in [0.2, 0.25) is 0 Å². The van der Waals surface area contributed by atoms with Crippen molar-refractivity contribution >= 4 is 29.5 Å². The number of alkyl halides is 1. The minimum atomic E-state index is -1.15. The second kappa shape index (κ2) is 7.65. The molecule has 0 aliphatic carbocycles. The summed E-state index contributed by atoms with van der Waals surface area (Å²) >= 11 is 5.38. The Balaban J connectivity index is 0.000000286. The molecule has 0 aromatic heterocycles. The number of fused-ring (bicyclic) bond motifs is 1. The van der Waals surface area contributed by atoms with Crippen LogP contribution in [0.25, 0.3) is 0 Å². The number of ether oxygens (including phenoxy) is 1. The first-order valence-electron chi connectivity index (χ1n) is 6.21. The van der Waals surface area contributed by atoms with Crippen LogP contribution in [0.2, 0.25) is 0 Å². The molecule has 0 saturated heterocycles. The van der Waals surface area contributed by atoms with Gasteiger partial charge in [-0.05, 0) is 24.6 Å². The molecule has 0 saturated carbocycles. The third-order valence-electron chi connectivity index (χ3n) is 2.63. The molecule has 20 heavy (non-hydrogen) atoms. The van der Waals surface area contributed by atoms with Crippen molar-refractivity contribution in [3.8, 4) is 0 Å². The van der Waals surface area contributed by atoms with Crippen LogP contribution in [0.1, 0.15) is 57.3 Å². The van der Waals surface area contributed by atoms with E-state index in [-0.39, 0.29) is 16.7 Å². The molecule has 0 amide bonds. The molecule has 0 fully saturated rings. The van der Waals surface area contributed by atoms with Crippen molar-refractivity contribution in [2.45, 2.75) is 26.2 Å². The van der Waals surface area contributed by atoms with E-state index in [1.54, 1.807) is 0 Å². The summed E-state index contributed by atoms with van der Waals surface area (Å²) in [6.45, 7) is 2.17. The SMILES string of the molecule is CCCCCCl.O=C(O)c1ccc2c(c1)C(=O)OC2=O. The van der Waals surface area contributed by atoms with E-state index < -0.39 is 17.9 Å². The molecule has 108 valence electrons. The molecular weight excluding hydrogens is 284 g/mol. The smallest absolute Gasteiger partial charge is 0.346 e. The van der Waals surface area contributed by atoms with Gasteiger partial charge in [0.05, 0.1) is 16.7 Å². The number of carbonyl (C=O) groups excluding carboxylic acids is 2. The Morgan fingerprint density at radius 3 is 2.35 bits per heavy atom. The van der Waals surface area contributed by atoms with Crippen molar-refractivity contribution in [2.75, 3.05) is 5.88 Å². The van der Waals surface area contributed by atoms with Gasteiger partial charge in [-0.3, -0.25) is 0 Å². The molecule has 0 spiro atoms. The van der Waals surface area contributed by atoms with Crippen molar-refractivity contribution in [1.82, 2.24) is 0 Å². The van der Waals surface area contributed by atoms with Crippen molar-refractivity contribution in [2.24, 2.45) is 0 Å². The van der Waals surface area contributed by atoms with Gasteiger partial charge < -0.3 is 9.84 Å². The number of halogens is 1. The zero-order valence-corrected chi connectivity index (χ0v) is 11.8. The first-order chi connectivity index (χ1) is 9.51. The third-order valence-corrected chi connectivity index (χ3v) is 2.90. The third kappa shape index (κ3) is 4.06. The normalized spacial score (nSPS) is 12.3. The lowest BCUT2D eigenvalue weighted by atomic mass is 10.1. The number of rotatable bonds is 4. The van der Waals surface area contributed by atoms with Gasteiger partial charge in [-0.15, -0.1) is 11.6 Å². The number of unbranched alkanes of at least 4 members (excludes halogenated alkanes) is 2. The first-order valence-corrected chi connectivity index (χ1v) is 6.74. The van der Waals surface area contributed by atoms with Gasteiger partial charge >= 0.3 is 17.9 Å². The molecule has 0 atom stereocenters. The molecule has 1 aliphatic heterocycles. The number of carbonyl (C=O) groups is 3. The number of cyclic esters (lactones) is 2. The van der Waals surface area contributed by atoms with E-state index in [2.05, 4.69) is 11.7 Å². The lowest BCUT2D eigenvalue weighted by molar-refractivity contribution is 0.0443. The average molecular weight is 299 g/mol. The minimum Gasteiger partial charge on any atom is -0.478 e. The quantitative estimate of drug-likeness (QED) is 0.400. The Hall–Kier alpha value is -1.88. The first kappa shape index (κ1) is 16.2. The maximum atomic E-state index is 11.0.